The molecule has 0 atom stereocenters. The summed E-state index contributed by atoms with van der Waals surface area (Å²) in [6.45, 7) is 6.51. The quantitative estimate of drug-likeness (QED) is 0.734. The molecule has 2 N–H and O–H groups in total. The first-order valence-corrected chi connectivity index (χ1v) is 7.14. The summed E-state index contributed by atoms with van der Waals surface area (Å²) < 4.78 is 10.2. The van der Waals surface area contributed by atoms with Crippen molar-refractivity contribution in [2.75, 3.05) is 23.8 Å². The zero-order chi connectivity index (χ0) is 14.9. The Morgan fingerprint density at radius 2 is 2.00 bits per heavy atom. The fourth-order valence-corrected chi connectivity index (χ4v) is 1.70. The second kappa shape index (κ2) is 8.21. The predicted octanol–water partition coefficient (Wildman–Crippen LogP) is 2.44. The van der Waals surface area contributed by atoms with E-state index in [4.69, 9.17) is 9.26 Å². The SMILES string of the molecule is CCCNc1cc(NCc2ccon2)nc(COCC)n1. The molecule has 2 aromatic rings. The van der Waals surface area contributed by atoms with Crippen LogP contribution in [0.15, 0.2) is 22.9 Å². The summed E-state index contributed by atoms with van der Waals surface area (Å²) in [4.78, 5) is 8.86. The first kappa shape index (κ1) is 15.2. The van der Waals surface area contributed by atoms with Crippen molar-refractivity contribution in [3.05, 3.63) is 29.9 Å². The smallest absolute Gasteiger partial charge is 0.158 e. The fourth-order valence-electron chi connectivity index (χ4n) is 1.70. The Hall–Kier alpha value is -2.15. The van der Waals surface area contributed by atoms with Gasteiger partial charge in [0, 0.05) is 25.3 Å². The maximum Gasteiger partial charge on any atom is 0.158 e. The van der Waals surface area contributed by atoms with Gasteiger partial charge in [0.2, 0.25) is 0 Å². The van der Waals surface area contributed by atoms with Gasteiger partial charge < -0.3 is 19.9 Å². The molecule has 0 saturated carbocycles. The van der Waals surface area contributed by atoms with E-state index >= 15 is 0 Å². The van der Waals surface area contributed by atoms with E-state index in [1.165, 1.54) is 0 Å². The third kappa shape index (κ3) is 5.03. The molecule has 0 aliphatic carbocycles. The molecule has 0 amide bonds. The normalized spacial score (nSPS) is 10.6. The van der Waals surface area contributed by atoms with E-state index in [1.54, 1.807) is 6.26 Å². The molecule has 0 unspecified atom stereocenters. The van der Waals surface area contributed by atoms with Gasteiger partial charge in [-0.15, -0.1) is 0 Å². The van der Waals surface area contributed by atoms with Gasteiger partial charge >= 0.3 is 0 Å². The van der Waals surface area contributed by atoms with Crippen LogP contribution in [0.3, 0.4) is 0 Å². The van der Waals surface area contributed by atoms with Gasteiger partial charge in [-0.25, -0.2) is 9.97 Å². The fraction of sp³-hybridized carbons (Fsp3) is 0.500. The summed E-state index contributed by atoms with van der Waals surface area (Å²) in [6, 6.07) is 3.69. The van der Waals surface area contributed by atoms with Gasteiger partial charge in [0.25, 0.3) is 0 Å². The molecular formula is C14H21N5O2. The zero-order valence-corrected chi connectivity index (χ0v) is 12.4. The van der Waals surface area contributed by atoms with E-state index in [-0.39, 0.29) is 0 Å². The number of nitrogens with one attached hydrogen (secondary N) is 2. The minimum absolute atomic E-state index is 0.400. The van der Waals surface area contributed by atoms with Crippen LogP contribution < -0.4 is 10.6 Å². The highest BCUT2D eigenvalue weighted by Gasteiger charge is 2.05. The minimum atomic E-state index is 0.400. The van der Waals surface area contributed by atoms with Crippen LogP contribution in [0.5, 0.6) is 0 Å². The Morgan fingerprint density at radius 3 is 2.67 bits per heavy atom. The van der Waals surface area contributed by atoms with Crippen LogP contribution in [0.1, 0.15) is 31.8 Å². The van der Waals surface area contributed by atoms with E-state index in [1.807, 2.05) is 19.1 Å². The van der Waals surface area contributed by atoms with Crippen LogP contribution in [-0.4, -0.2) is 28.3 Å². The van der Waals surface area contributed by atoms with Gasteiger partial charge in [-0.1, -0.05) is 12.1 Å². The molecule has 0 saturated heterocycles. The lowest BCUT2D eigenvalue weighted by atomic mass is 10.4. The Bertz CT molecular complexity index is 504. The maximum absolute atomic E-state index is 5.38. The van der Waals surface area contributed by atoms with Crippen LogP contribution in [0, 0.1) is 0 Å². The van der Waals surface area contributed by atoms with Crippen LogP contribution in [0.25, 0.3) is 0 Å². The third-order valence-corrected chi connectivity index (χ3v) is 2.71. The molecule has 7 heteroatoms. The van der Waals surface area contributed by atoms with Gasteiger partial charge in [0.05, 0.1) is 6.54 Å². The molecule has 21 heavy (non-hydrogen) atoms. The van der Waals surface area contributed by atoms with Crippen LogP contribution in [-0.2, 0) is 17.9 Å². The Balaban J connectivity index is 2.05. The molecule has 0 aromatic carbocycles. The number of rotatable bonds is 9. The molecule has 2 aromatic heterocycles. The highest BCUT2D eigenvalue weighted by Crippen LogP contribution is 2.13. The molecule has 0 aliphatic heterocycles. The van der Waals surface area contributed by atoms with Gasteiger partial charge in [-0.05, 0) is 13.3 Å². The number of ether oxygens (including phenoxy) is 1. The van der Waals surface area contributed by atoms with Crippen molar-refractivity contribution in [2.24, 2.45) is 0 Å². The van der Waals surface area contributed by atoms with E-state index < -0.39 is 0 Å². The predicted molar refractivity (Wildman–Crippen MR) is 80.0 cm³/mol. The lowest BCUT2D eigenvalue weighted by Crippen LogP contribution is -2.10. The number of nitrogens with zero attached hydrogens (tertiary/aromatic N) is 3. The molecule has 114 valence electrons. The first-order chi connectivity index (χ1) is 10.3. The van der Waals surface area contributed by atoms with E-state index in [2.05, 4.69) is 32.7 Å². The molecule has 7 nitrogen and oxygen atoms in total. The summed E-state index contributed by atoms with van der Waals surface area (Å²) in [6.07, 6.45) is 2.58. The molecule has 0 spiro atoms. The van der Waals surface area contributed by atoms with Crippen molar-refractivity contribution in [1.29, 1.82) is 0 Å². The molecule has 2 heterocycles. The number of aromatic nitrogens is 3. The van der Waals surface area contributed by atoms with Crippen LogP contribution in [0.4, 0.5) is 11.6 Å². The summed E-state index contributed by atoms with van der Waals surface area (Å²) in [5, 5.41) is 10.3. The Morgan fingerprint density at radius 1 is 1.19 bits per heavy atom. The lowest BCUT2D eigenvalue weighted by Gasteiger charge is -2.10. The Kier molecular flexibility index (Phi) is 5.96. The topological polar surface area (TPSA) is 85.1 Å². The molecule has 0 fully saturated rings. The molecule has 0 aliphatic rings. The van der Waals surface area contributed by atoms with Crippen molar-refractivity contribution in [3.63, 3.8) is 0 Å². The first-order valence-electron chi connectivity index (χ1n) is 7.14. The second-order valence-corrected chi connectivity index (χ2v) is 4.46. The second-order valence-electron chi connectivity index (χ2n) is 4.46. The molecule has 2 rings (SSSR count). The van der Waals surface area contributed by atoms with Crippen molar-refractivity contribution >= 4 is 11.6 Å². The van der Waals surface area contributed by atoms with E-state index in [0.29, 0.717) is 25.6 Å². The van der Waals surface area contributed by atoms with E-state index in [9.17, 15) is 0 Å². The number of hydrogen-bond donors (Lipinski definition) is 2. The molecular weight excluding hydrogens is 270 g/mol. The summed E-state index contributed by atoms with van der Waals surface area (Å²) in [7, 11) is 0. The number of hydrogen-bond acceptors (Lipinski definition) is 7. The van der Waals surface area contributed by atoms with Crippen molar-refractivity contribution in [3.8, 4) is 0 Å². The van der Waals surface area contributed by atoms with Crippen molar-refractivity contribution in [2.45, 2.75) is 33.4 Å². The van der Waals surface area contributed by atoms with Crippen LogP contribution >= 0.6 is 0 Å². The zero-order valence-electron chi connectivity index (χ0n) is 12.4. The summed E-state index contributed by atoms with van der Waals surface area (Å²) >= 11 is 0. The summed E-state index contributed by atoms with van der Waals surface area (Å²) in [5.41, 5.74) is 0.822. The maximum atomic E-state index is 5.38. The average molecular weight is 291 g/mol. The molecule has 0 radical (unpaired) electrons. The highest BCUT2D eigenvalue weighted by atomic mass is 16.5. The van der Waals surface area contributed by atoms with Gasteiger partial charge in [-0.2, -0.15) is 0 Å². The Labute approximate surface area is 124 Å². The third-order valence-electron chi connectivity index (χ3n) is 2.71. The largest absolute Gasteiger partial charge is 0.374 e. The average Bonchev–Trinajstić information content (AvgIpc) is 3.02. The highest BCUT2D eigenvalue weighted by molar-refractivity contribution is 5.47. The minimum Gasteiger partial charge on any atom is -0.374 e. The van der Waals surface area contributed by atoms with Crippen molar-refractivity contribution in [1.82, 2.24) is 15.1 Å². The van der Waals surface area contributed by atoms with Gasteiger partial charge in [0.15, 0.2) is 5.82 Å². The summed E-state index contributed by atoms with van der Waals surface area (Å²) in [5.74, 6) is 2.19. The number of anilines is 2. The monoisotopic (exact) mass is 291 g/mol. The lowest BCUT2D eigenvalue weighted by molar-refractivity contribution is 0.128. The van der Waals surface area contributed by atoms with Gasteiger partial charge in [-0.3, -0.25) is 0 Å². The van der Waals surface area contributed by atoms with Crippen LogP contribution in [0.2, 0.25) is 0 Å². The standard InChI is InChI=1S/C14H21N5O2/c1-3-6-15-12-8-13(16-9-11-5-7-21-19-11)18-14(17-12)10-20-4-2/h5,7-8H,3-4,6,9-10H2,1-2H3,(H2,15,16,17,18). The van der Waals surface area contributed by atoms with E-state index in [0.717, 1.165) is 30.3 Å². The van der Waals surface area contributed by atoms with Gasteiger partial charge in [0.1, 0.15) is 30.2 Å². The van der Waals surface area contributed by atoms with Crippen molar-refractivity contribution < 1.29 is 9.26 Å². The molecule has 0 bridgehead atoms.